The molecule has 0 spiro atoms. The van der Waals surface area contributed by atoms with Gasteiger partial charge in [-0.05, 0) is 56.7 Å². The van der Waals surface area contributed by atoms with Gasteiger partial charge in [-0.25, -0.2) is 0 Å². The Morgan fingerprint density at radius 2 is 1.62 bits per heavy atom. The molecule has 0 saturated heterocycles. The Labute approximate surface area is 185 Å². The number of halogens is 3. The number of carbonyl (C=O) groups is 2. The number of carbonyl (C=O) groups excluding carboxylic acids is 2. The molecule has 0 fully saturated rings. The molecule has 156 valence electrons. The molecule has 0 heterocycles. The third-order valence-electron chi connectivity index (χ3n) is 4.11. The molecule has 8 heteroatoms. The van der Waals surface area contributed by atoms with Gasteiger partial charge in [0.25, 0.3) is 5.91 Å². The van der Waals surface area contributed by atoms with Gasteiger partial charge >= 0.3 is 0 Å². The van der Waals surface area contributed by atoms with E-state index in [1.807, 2.05) is 26.0 Å². The van der Waals surface area contributed by atoms with Crippen molar-refractivity contribution in [2.75, 3.05) is 6.61 Å². The number of benzene rings is 2. The molecule has 0 unspecified atom stereocenters. The maximum Gasteiger partial charge on any atom is 0.261 e. The molecule has 2 aromatic rings. The standard InChI is InChI=1S/C21H23Cl3N2O3/c1-13(2)25-21(28)14(3)26(11-15-4-6-16(22)7-5-15)20(27)12-29-19-9-8-17(23)10-18(19)24/h4-10,13-14H,11-12H2,1-3H3,(H,25,28)/t14-/m1/s1. The smallest absolute Gasteiger partial charge is 0.261 e. The summed E-state index contributed by atoms with van der Waals surface area (Å²) in [7, 11) is 0. The Kier molecular flexibility index (Phi) is 8.62. The van der Waals surface area contributed by atoms with Crippen LogP contribution in [0.25, 0.3) is 0 Å². The maximum absolute atomic E-state index is 12.9. The summed E-state index contributed by atoms with van der Waals surface area (Å²) in [6, 6.07) is 11.1. The van der Waals surface area contributed by atoms with Gasteiger partial charge in [0.05, 0.1) is 5.02 Å². The van der Waals surface area contributed by atoms with Gasteiger partial charge in [-0.15, -0.1) is 0 Å². The lowest BCUT2D eigenvalue weighted by Crippen LogP contribution is -2.50. The Morgan fingerprint density at radius 3 is 2.21 bits per heavy atom. The Hall–Kier alpha value is -1.95. The zero-order valence-corrected chi connectivity index (χ0v) is 18.7. The predicted octanol–water partition coefficient (Wildman–Crippen LogP) is 4.97. The van der Waals surface area contributed by atoms with Crippen molar-refractivity contribution in [1.82, 2.24) is 10.2 Å². The van der Waals surface area contributed by atoms with Gasteiger partial charge in [-0.1, -0.05) is 46.9 Å². The summed E-state index contributed by atoms with van der Waals surface area (Å²) in [5, 5.41) is 4.20. The summed E-state index contributed by atoms with van der Waals surface area (Å²) in [5.74, 6) is -0.251. The lowest BCUT2D eigenvalue weighted by molar-refractivity contribution is -0.142. The van der Waals surface area contributed by atoms with E-state index in [0.717, 1.165) is 5.56 Å². The molecular formula is C21H23Cl3N2O3. The van der Waals surface area contributed by atoms with Crippen molar-refractivity contribution in [3.63, 3.8) is 0 Å². The summed E-state index contributed by atoms with van der Waals surface area (Å²) in [4.78, 5) is 26.9. The molecule has 1 N–H and O–H groups in total. The van der Waals surface area contributed by atoms with E-state index in [9.17, 15) is 9.59 Å². The summed E-state index contributed by atoms with van der Waals surface area (Å²) in [5.41, 5.74) is 0.844. The molecule has 0 aliphatic carbocycles. The van der Waals surface area contributed by atoms with Gasteiger partial charge in [-0.3, -0.25) is 9.59 Å². The zero-order valence-electron chi connectivity index (χ0n) is 16.4. The number of nitrogens with one attached hydrogen (secondary N) is 1. The highest BCUT2D eigenvalue weighted by molar-refractivity contribution is 6.35. The maximum atomic E-state index is 12.9. The summed E-state index contributed by atoms with van der Waals surface area (Å²) in [6.45, 7) is 5.37. The number of amides is 2. The van der Waals surface area contributed by atoms with Crippen LogP contribution in [-0.2, 0) is 16.1 Å². The van der Waals surface area contributed by atoms with Crippen molar-refractivity contribution < 1.29 is 14.3 Å². The van der Waals surface area contributed by atoms with Gasteiger partial charge in [0.15, 0.2) is 6.61 Å². The molecule has 0 bridgehead atoms. The molecule has 2 amide bonds. The molecule has 0 aromatic heterocycles. The first-order chi connectivity index (χ1) is 13.7. The van der Waals surface area contributed by atoms with Crippen LogP contribution in [0.4, 0.5) is 0 Å². The van der Waals surface area contributed by atoms with Crippen LogP contribution in [0, 0.1) is 0 Å². The van der Waals surface area contributed by atoms with E-state index in [0.29, 0.717) is 20.8 Å². The highest BCUT2D eigenvalue weighted by Gasteiger charge is 2.27. The lowest BCUT2D eigenvalue weighted by Gasteiger charge is -2.29. The SMILES string of the molecule is CC(C)NC(=O)[C@@H](C)N(Cc1ccc(Cl)cc1)C(=O)COc1ccc(Cl)cc1Cl. The molecular weight excluding hydrogens is 435 g/mol. The van der Waals surface area contributed by atoms with Gasteiger partial charge in [0.2, 0.25) is 5.91 Å². The van der Waals surface area contributed by atoms with E-state index in [1.165, 1.54) is 11.0 Å². The first-order valence-corrected chi connectivity index (χ1v) is 10.2. The molecule has 0 aliphatic heterocycles. The van der Waals surface area contributed by atoms with Crippen molar-refractivity contribution >= 4 is 46.6 Å². The van der Waals surface area contributed by atoms with Crippen LogP contribution < -0.4 is 10.1 Å². The van der Waals surface area contributed by atoms with Crippen LogP contribution in [0.3, 0.4) is 0 Å². The number of rotatable bonds is 8. The fraction of sp³-hybridized carbons (Fsp3) is 0.333. The second kappa shape index (κ2) is 10.7. The highest BCUT2D eigenvalue weighted by Crippen LogP contribution is 2.27. The third kappa shape index (κ3) is 7.11. The van der Waals surface area contributed by atoms with Crippen molar-refractivity contribution in [1.29, 1.82) is 0 Å². The minimum absolute atomic E-state index is 0.0402. The van der Waals surface area contributed by atoms with Crippen LogP contribution in [0.15, 0.2) is 42.5 Å². The van der Waals surface area contributed by atoms with Crippen molar-refractivity contribution in [2.24, 2.45) is 0 Å². The molecule has 1 atom stereocenters. The zero-order chi connectivity index (χ0) is 21.6. The van der Waals surface area contributed by atoms with Gasteiger partial charge in [0, 0.05) is 22.6 Å². The second-order valence-corrected chi connectivity index (χ2v) is 8.13. The predicted molar refractivity (Wildman–Crippen MR) is 117 cm³/mol. The van der Waals surface area contributed by atoms with Crippen LogP contribution in [-0.4, -0.2) is 35.4 Å². The molecule has 5 nitrogen and oxygen atoms in total. The van der Waals surface area contributed by atoms with Gasteiger partial charge in [-0.2, -0.15) is 0 Å². The molecule has 0 radical (unpaired) electrons. The van der Waals surface area contributed by atoms with Crippen LogP contribution in [0.2, 0.25) is 15.1 Å². The van der Waals surface area contributed by atoms with Crippen molar-refractivity contribution in [3.05, 3.63) is 63.1 Å². The van der Waals surface area contributed by atoms with E-state index in [4.69, 9.17) is 39.5 Å². The normalized spacial score (nSPS) is 11.8. The van der Waals surface area contributed by atoms with Gasteiger partial charge < -0.3 is 15.0 Å². The first-order valence-electron chi connectivity index (χ1n) is 9.09. The average Bonchev–Trinajstić information content (AvgIpc) is 2.65. The minimum atomic E-state index is -0.690. The second-order valence-electron chi connectivity index (χ2n) is 6.85. The van der Waals surface area contributed by atoms with E-state index < -0.39 is 6.04 Å². The molecule has 2 rings (SSSR count). The van der Waals surface area contributed by atoms with E-state index in [1.54, 1.807) is 31.2 Å². The number of ether oxygens (including phenoxy) is 1. The summed E-state index contributed by atoms with van der Waals surface area (Å²) < 4.78 is 5.57. The molecule has 2 aromatic carbocycles. The monoisotopic (exact) mass is 456 g/mol. The third-order valence-corrected chi connectivity index (χ3v) is 4.89. The number of hydrogen-bond donors (Lipinski definition) is 1. The van der Waals surface area contributed by atoms with Crippen LogP contribution in [0.1, 0.15) is 26.3 Å². The fourth-order valence-corrected chi connectivity index (χ4v) is 3.18. The van der Waals surface area contributed by atoms with Gasteiger partial charge in [0.1, 0.15) is 11.8 Å². The Bertz CT molecular complexity index is 857. The Morgan fingerprint density at radius 1 is 1.00 bits per heavy atom. The van der Waals surface area contributed by atoms with Crippen LogP contribution >= 0.6 is 34.8 Å². The van der Waals surface area contributed by atoms with E-state index >= 15 is 0 Å². The summed E-state index contributed by atoms with van der Waals surface area (Å²) >= 11 is 17.9. The number of nitrogens with zero attached hydrogens (tertiary/aromatic N) is 1. The average molecular weight is 458 g/mol. The van der Waals surface area contributed by atoms with Crippen molar-refractivity contribution in [2.45, 2.75) is 39.4 Å². The molecule has 0 aliphatic rings. The summed E-state index contributed by atoms with van der Waals surface area (Å²) in [6.07, 6.45) is 0. The van der Waals surface area contributed by atoms with E-state index in [-0.39, 0.29) is 31.0 Å². The van der Waals surface area contributed by atoms with Crippen molar-refractivity contribution in [3.8, 4) is 5.75 Å². The first kappa shape index (κ1) is 23.3. The topological polar surface area (TPSA) is 58.6 Å². The fourth-order valence-electron chi connectivity index (χ4n) is 2.59. The van der Waals surface area contributed by atoms with E-state index in [2.05, 4.69) is 5.32 Å². The molecule has 0 saturated carbocycles. The largest absolute Gasteiger partial charge is 0.482 e. The quantitative estimate of drug-likeness (QED) is 0.609. The van der Waals surface area contributed by atoms with Crippen LogP contribution in [0.5, 0.6) is 5.75 Å². The highest BCUT2D eigenvalue weighted by atomic mass is 35.5. The molecule has 29 heavy (non-hydrogen) atoms. The Balaban J connectivity index is 2.16. The minimum Gasteiger partial charge on any atom is -0.482 e. The lowest BCUT2D eigenvalue weighted by atomic mass is 10.1. The number of hydrogen-bond acceptors (Lipinski definition) is 3.